The van der Waals surface area contributed by atoms with E-state index >= 15 is 0 Å². The Morgan fingerprint density at radius 1 is 1.18 bits per heavy atom. The lowest BCUT2D eigenvalue weighted by Crippen LogP contribution is -2.10. The molecule has 0 fully saturated rings. The summed E-state index contributed by atoms with van der Waals surface area (Å²) in [4.78, 5) is 12.8. The van der Waals surface area contributed by atoms with Gasteiger partial charge in [-0.2, -0.15) is 4.39 Å². The summed E-state index contributed by atoms with van der Waals surface area (Å²) in [6.07, 6.45) is 1.35. The topological polar surface area (TPSA) is 82.3 Å². The van der Waals surface area contributed by atoms with Gasteiger partial charge in [0.25, 0.3) is 0 Å². The molecule has 0 saturated heterocycles. The van der Waals surface area contributed by atoms with Crippen LogP contribution in [0.2, 0.25) is 0 Å². The van der Waals surface area contributed by atoms with Gasteiger partial charge in [-0.05, 0) is 42.8 Å². The molecule has 3 N–H and O–H groups in total. The largest absolute Gasteiger partial charge is 0.483 e. The number of nitrogens with two attached hydrogens (primary N) is 1. The lowest BCUT2D eigenvalue weighted by atomic mass is 10.2. The third-order valence-electron chi connectivity index (χ3n) is 4.40. The number of anilines is 2. The van der Waals surface area contributed by atoms with Gasteiger partial charge in [0.1, 0.15) is 18.8 Å². The summed E-state index contributed by atoms with van der Waals surface area (Å²) in [5.74, 6) is 3.76. The van der Waals surface area contributed by atoms with Crippen LogP contribution in [-0.2, 0) is 6.61 Å². The molecule has 2 aromatic carbocycles. The molecular formula is C23H17F3N4O2S. The highest BCUT2D eigenvalue weighted by Gasteiger charge is 2.19. The lowest BCUT2D eigenvalue weighted by molar-refractivity contribution is -0.0112. The maximum Gasteiger partial charge on any atom is 0.213 e. The van der Waals surface area contributed by atoms with Gasteiger partial charge in [0, 0.05) is 4.53 Å². The number of hydrogen-bond donors (Lipinski definition) is 2. The van der Waals surface area contributed by atoms with Crippen molar-refractivity contribution in [2.45, 2.75) is 19.6 Å². The van der Waals surface area contributed by atoms with Gasteiger partial charge in [-0.25, -0.2) is 14.4 Å². The number of thiophene rings is 1. The summed E-state index contributed by atoms with van der Waals surface area (Å²) >= 11 is 1.34. The van der Waals surface area contributed by atoms with Crippen LogP contribution in [0.1, 0.15) is 17.4 Å². The van der Waals surface area contributed by atoms with Crippen molar-refractivity contribution in [2.75, 3.05) is 5.32 Å². The number of fused-ring (bicyclic) bond motifs is 1. The molecule has 0 radical (unpaired) electrons. The SMILES string of the molecule is CC(N)C#Cc1cc2ncnc(Nc3ccc(OF)c(F)c3OCc3cccc(F)c3)c2s1. The number of hydrogen-bond acceptors (Lipinski definition) is 7. The highest BCUT2D eigenvalue weighted by atomic mass is 32.1. The Bertz CT molecular complexity index is 1370. The van der Waals surface area contributed by atoms with E-state index in [1.807, 2.05) is 0 Å². The zero-order valence-electron chi connectivity index (χ0n) is 17.2. The molecule has 0 spiro atoms. The van der Waals surface area contributed by atoms with Gasteiger partial charge in [-0.15, -0.1) is 11.3 Å². The molecule has 0 aliphatic heterocycles. The standard InChI is InChI=1S/C23H17F3N4O2S/c1-13(27)5-6-16-10-18-22(33-16)23(29-12-28-18)30-17-7-8-19(32-26)20(25)21(17)31-11-14-3-2-4-15(24)9-14/h2-4,7-10,12-13H,11,27H2,1H3,(H,28,29,30). The Kier molecular flexibility index (Phi) is 6.63. The maximum atomic E-state index is 14.8. The van der Waals surface area contributed by atoms with Gasteiger partial charge < -0.3 is 15.8 Å². The highest BCUT2D eigenvalue weighted by Crippen LogP contribution is 2.38. The van der Waals surface area contributed by atoms with Gasteiger partial charge in [0.2, 0.25) is 11.6 Å². The zero-order valence-corrected chi connectivity index (χ0v) is 18.1. The quantitative estimate of drug-likeness (QED) is 0.375. The van der Waals surface area contributed by atoms with E-state index in [4.69, 9.17) is 10.5 Å². The van der Waals surface area contributed by atoms with Gasteiger partial charge >= 0.3 is 0 Å². The van der Waals surface area contributed by atoms with Crippen LogP contribution in [0, 0.1) is 23.5 Å². The second kappa shape index (κ2) is 9.77. The molecule has 4 aromatic rings. The molecule has 2 aromatic heterocycles. The summed E-state index contributed by atoms with van der Waals surface area (Å²) in [5.41, 5.74) is 6.95. The van der Waals surface area contributed by atoms with Crippen molar-refractivity contribution in [3.05, 3.63) is 70.9 Å². The molecular weight excluding hydrogens is 453 g/mol. The summed E-state index contributed by atoms with van der Waals surface area (Å²) in [6, 6.07) is 9.67. The van der Waals surface area contributed by atoms with E-state index in [1.165, 1.54) is 41.9 Å². The van der Waals surface area contributed by atoms with Crippen LogP contribution in [0.4, 0.5) is 24.8 Å². The minimum atomic E-state index is -1.06. The summed E-state index contributed by atoms with van der Waals surface area (Å²) < 4.78 is 47.3. The second-order valence-electron chi connectivity index (χ2n) is 6.98. The molecule has 1 unspecified atom stereocenters. The van der Waals surface area contributed by atoms with Crippen molar-refractivity contribution in [2.24, 2.45) is 5.73 Å². The van der Waals surface area contributed by atoms with Crippen molar-refractivity contribution >= 4 is 33.1 Å². The van der Waals surface area contributed by atoms with Crippen molar-refractivity contribution < 1.29 is 23.0 Å². The third kappa shape index (κ3) is 5.16. The van der Waals surface area contributed by atoms with Crippen LogP contribution in [0.5, 0.6) is 11.5 Å². The number of nitrogens with one attached hydrogen (secondary N) is 1. The molecule has 1 atom stereocenters. The van der Waals surface area contributed by atoms with Gasteiger partial charge in [-0.1, -0.05) is 24.0 Å². The predicted molar refractivity (Wildman–Crippen MR) is 120 cm³/mol. The average Bonchev–Trinajstić information content (AvgIpc) is 3.22. The second-order valence-corrected chi connectivity index (χ2v) is 8.03. The zero-order chi connectivity index (χ0) is 23.4. The number of benzene rings is 2. The average molecular weight is 470 g/mol. The molecule has 0 aliphatic carbocycles. The molecule has 4 rings (SSSR count). The fourth-order valence-electron chi connectivity index (χ4n) is 2.94. The van der Waals surface area contributed by atoms with Crippen molar-refractivity contribution in [3.8, 4) is 23.3 Å². The summed E-state index contributed by atoms with van der Waals surface area (Å²) in [6.45, 7) is 1.62. The Labute approximate surface area is 191 Å². The Hall–Kier alpha value is -3.81. The van der Waals surface area contributed by atoms with Crippen LogP contribution < -0.4 is 20.7 Å². The predicted octanol–water partition coefficient (Wildman–Crippen LogP) is 5.25. The van der Waals surface area contributed by atoms with E-state index in [0.29, 0.717) is 21.6 Å². The number of halogens is 3. The first-order chi connectivity index (χ1) is 15.9. The van der Waals surface area contributed by atoms with Crippen LogP contribution in [-0.4, -0.2) is 16.0 Å². The van der Waals surface area contributed by atoms with Crippen LogP contribution in [0.25, 0.3) is 10.2 Å². The van der Waals surface area contributed by atoms with Crippen LogP contribution in [0.3, 0.4) is 0 Å². The fourth-order valence-corrected chi connectivity index (χ4v) is 3.85. The molecule has 2 heterocycles. The minimum absolute atomic E-state index is 0.158. The minimum Gasteiger partial charge on any atom is -0.483 e. The van der Waals surface area contributed by atoms with E-state index in [-0.39, 0.29) is 24.1 Å². The highest BCUT2D eigenvalue weighted by molar-refractivity contribution is 7.20. The maximum absolute atomic E-state index is 14.8. The summed E-state index contributed by atoms with van der Waals surface area (Å²) in [7, 11) is 0. The number of aromatic nitrogens is 2. The van der Waals surface area contributed by atoms with E-state index < -0.39 is 17.4 Å². The molecule has 0 aliphatic rings. The Morgan fingerprint density at radius 3 is 2.79 bits per heavy atom. The first-order valence-electron chi connectivity index (χ1n) is 9.71. The Morgan fingerprint density at radius 2 is 2.03 bits per heavy atom. The molecule has 0 bridgehead atoms. The van der Waals surface area contributed by atoms with E-state index in [0.717, 1.165) is 10.9 Å². The normalized spacial score (nSPS) is 11.5. The molecule has 168 valence electrons. The summed E-state index contributed by atoms with van der Waals surface area (Å²) in [5, 5.41) is 3.00. The van der Waals surface area contributed by atoms with E-state index in [1.54, 1.807) is 19.1 Å². The number of ether oxygens (including phenoxy) is 1. The first-order valence-corrected chi connectivity index (χ1v) is 10.5. The third-order valence-corrected chi connectivity index (χ3v) is 5.45. The molecule has 0 saturated carbocycles. The van der Waals surface area contributed by atoms with E-state index in [2.05, 4.69) is 32.1 Å². The first kappa shape index (κ1) is 22.4. The van der Waals surface area contributed by atoms with Crippen molar-refractivity contribution in [3.63, 3.8) is 0 Å². The fraction of sp³-hybridized carbons (Fsp3) is 0.130. The van der Waals surface area contributed by atoms with Gasteiger partial charge in [-0.3, -0.25) is 4.94 Å². The number of rotatable bonds is 6. The van der Waals surface area contributed by atoms with Crippen LogP contribution >= 0.6 is 11.3 Å². The molecule has 6 nitrogen and oxygen atoms in total. The van der Waals surface area contributed by atoms with Gasteiger partial charge in [0.05, 0.1) is 26.8 Å². The lowest BCUT2D eigenvalue weighted by Gasteiger charge is -2.15. The monoisotopic (exact) mass is 470 g/mol. The smallest absolute Gasteiger partial charge is 0.213 e. The van der Waals surface area contributed by atoms with E-state index in [9.17, 15) is 13.3 Å². The van der Waals surface area contributed by atoms with Crippen molar-refractivity contribution in [1.29, 1.82) is 0 Å². The molecule has 10 heteroatoms. The molecule has 33 heavy (non-hydrogen) atoms. The molecule has 0 amide bonds. The number of nitrogens with zero attached hydrogens (tertiary/aromatic N) is 2. The Balaban J connectivity index is 1.68. The van der Waals surface area contributed by atoms with Gasteiger partial charge in [0.15, 0.2) is 11.6 Å². The van der Waals surface area contributed by atoms with Crippen molar-refractivity contribution in [1.82, 2.24) is 9.97 Å². The van der Waals surface area contributed by atoms with Crippen LogP contribution in [0.15, 0.2) is 48.8 Å².